The van der Waals surface area contributed by atoms with Crippen molar-refractivity contribution in [3.05, 3.63) is 0 Å². The van der Waals surface area contributed by atoms with E-state index in [1.54, 1.807) is 0 Å². The second kappa shape index (κ2) is 24.0. The van der Waals surface area contributed by atoms with Crippen LogP contribution in [0.4, 0.5) is 0 Å². The van der Waals surface area contributed by atoms with Gasteiger partial charge in [-0.15, -0.1) is 0 Å². The predicted molar refractivity (Wildman–Crippen MR) is 156 cm³/mol. The number of esters is 2. The number of rotatable bonds is 24. The summed E-state index contributed by atoms with van der Waals surface area (Å²) in [5.74, 6) is -0.833. The average molecular weight is 523 g/mol. The zero-order valence-electron chi connectivity index (χ0n) is 25.0. The van der Waals surface area contributed by atoms with Gasteiger partial charge < -0.3 is 9.47 Å². The third kappa shape index (κ3) is 17.2. The lowest BCUT2D eigenvalue weighted by Crippen LogP contribution is -2.39. The predicted octanol–water partition coefficient (Wildman–Crippen LogP) is 9.97. The molecule has 0 radical (unpaired) electrons. The van der Waals surface area contributed by atoms with Gasteiger partial charge in [0.15, 0.2) is 0 Å². The highest BCUT2D eigenvalue weighted by Crippen LogP contribution is 2.36. The summed E-state index contributed by atoms with van der Waals surface area (Å²) in [6.45, 7) is 7.58. The SMILES string of the molecule is CCCCCCCCCCCCOC(=O)C1CCCC(C)C1C(=O)OCCCCCCCCCCCC. The van der Waals surface area contributed by atoms with Gasteiger partial charge in [0.2, 0.25) is 0 Å². The Hall–Kier alpha value is -1.06. The first kappa shape index (κ1) is 34.0. The van der Waals surface area contributed by atoms with Gasteiger partial charge in [-0.2, -0.15) is 0 Å². The second-order valence-electron chi connectivity index (χ2n) is 11.7. The summed E-state index contributed by atoms with van der Waals surface area (Å²) in [5, 5.41) is 0. The van der Waals surface area contributed by atoms with Crippen molar-refractivity contribution in [2.45, 2.75) is 168 Å². The number of hydrogen-bond acceptors (Lipinski definition) is 4. The van der Waals surface area contributed by atoms with Gasteiger partial charge in [-0.25, -0.2) is 0 Å². The summed E-state index contributed by atoms with van der Waals surface area (Å²) in [5.41, 5.74) is 0. The third-order valence-electron chi connectivity index (χ3n) is 8.28. The van der Waals surface area contributed by atoms with Crippen LogP contribution < -0.4 is 0 Å². The number of hydrogen-bond donors (Lipinski definition) is 0. The van der Waals surface area contributed by atoms with Crippen molar-refractivity contribution in [1.82, 2.24) is 0 Å². The smallest absolute Gasteiger partial charge is 0.310 e. The van der Waals surface area contributed by atoms with Crippen LogP contribution in [0.15, 0.2) is 0 Å². The molecule has 0 spiro atoms. The molecule has 1 rings (SSSR count). The van der Waals surface area contributed by atoms with Crippen LogP contribution in [-0.2, 0) is 19.1 Å². The van der Waals surface area contributed by atoms with Crippen LogP contribution in [0.2, 0.25) is 0 Å². The lowest BCUT2D eigenvalue weighted by atomic mass is 9.73. The van der Waals surface area contributed by atoms with Crippen molar-refractivity contribution < 1.29 is 19.1 Å². The monoisotopic (exact) mass is 522 g/mol. The molecule has 0 heterocycles. The molecular formula is C33H62O4. The largest absolute Gasteiger partial charge is 0.465 e. The number of unbranched alkanes of at least 4 members (excludes halogenated alkanes) is 18. The molecule has 4 nitrogen and oxygen atoms in total. The van der Waals surface area contributed by atoms with Crippen LogP contribution in [0.3, 0.4) is 0 Å². The Morgan fingerprint density at radius 3 is 1.35 bits per heavy atom. The van der Waals surface area contributed by atoms with Crippen LogP contribution in [-0.4, -0.2) is 25.2 Å². The van der Waals surface area contributed by atoms with Gasteiger partial charge in [0, 0.05) is 0 Å². The van der Waals surface area contributed by atoms with E-state index in [2.05, 4.69) is 20.8 Å². The molecule has 0 saturated heterocycles. The maximum Gasteiger partial charge on any atom is 0.310 e. The molecule has 0 N–H and O–H groups in total. The Bertz CT molecular complexity index is 546. The topological polar surface area (TPSA) is 52.6 Å². The van der Waals surface area contributed by atoms with Crippen molar-refractivity contribution in [2.75, 3.05) is 13.2 Å². The molecular weight excluding hydrogens is 460 g/mol. The van der Waals surface area contributed by atoms with Crippen LogP contribution >= 0.6 is 0 Å². The quantitative estimate of drug-likeness (QED) is 0.0934. The van der Waals surface area contributed by atoms with E-state index < -0.39 is 0 Å². The van der Waals surface area contributed by atoms with Crippen LogP contribution in [0.5, 0.6) is 0 Å². The molecule has 0 amide bonds. The highest BCUT2D eigenvalue weighted by Gasteiger charge is 2.41. The molecule has 0 aromatic rings. The Morgan fingerprint density at radius 2 is 0.919 bits per heavy atom. The van der Waals surface area contributed by atoms with E-state index in [9.17, 15) is 9.59 Å². The molecule has 4 heteroatoms. The van der Waals surface area contributed by atoms with E-state index in [-0.39, 0.29) is 29.7 Å². The van der Waals surface area contributed by atoms with Crippen molar-refractivity contribution in [1.29, 1.82) is 0 Å². The molecule has 218 valence electrons. The van der Waals surface area contributed by atoms with Crippen molar-refractivity contribution in [3.8, 4) is 0 Å². The van der Waals surface area contributed by atoms with E-state index in [1.165, 1.54) is 103 Å². The highest BCUT2D eigenvalue weighted by molar-refractivity contribution is 5.82. The first-order valence-electron chi connectivity index (χ1n) is 16.4. The maximum atomic E-state index is 12.9. The minimum atomic E-state index is -0.336. The summed E-state index contributed by atoms with van der Waals surface area (Å²) >= 11 is 0. The van der Waals surface area contributed by atoms with E-state index in [4.69, 9.17) is 9.47 Å². The Morgan fingerprint density at radius 1 is 0.541 bits per heavy atom. The van der Waals surface area contributed by atoms with Gasteiger partial charge in [-0.05, 0) is 31.6 Å². The highest BCUT2D eigenvalue weighted by atomic mass is 16.5. The molecule has 1 saturated carbocycles. The molecule has 0 bridgehead atoms. The molecule has 1 fully saturated rings. The zero-order valence-corrected chi connectivity index (χ0v) is 25.0. The van der Waals surface area contributed by atoms with Gasteiger partial charge >= 0.3 is 11.9 Å². The van der Waals surface area contributed by atoms with E-state index in [1.807, 2.05) is 0 Å². The summed E-state index contributed by atoms with van der Waals surface area (Å²) in [4.78, 5) is 25.8. The zero-order chi connectivity index (χ0) is 27.0. The lowest BCUT2D eigenvalue weighted by Gasteiger charge is -2.33. The van der Waals surface area contributed by atoms with Crippen molar-refractivity contribution >= 4 is 11.9 Å². The third-order valence-corrected chi connectivity index (χ3v) is 8.28. The summed E-state index contributed by atoms with van der Waals surface area (Å²) in [6.07, 6.45) is 28.0. The van der Waals surface area contributed by atoms with Gasteiger partial charge in [-0.3, -0.25) is 9.59 Å². The Labute approximate surface area is 230 Å². The first-order valence-corrected chi connectivity index (χ1v) is 16.4. The second-order valence-corrected chi connectivity index (χ2v) is 11.7. The van der Waals surface area contributed by atoms with E-state index in [0.717, 1.165) is 44.9 Å². The molecule has 0 aliphatic heterocycles. The molecule has 3 unspecified atom stereocenters. The minimum Gasteiger partial charge on any atom is -0.465 e. The van der Waals surface area contributed by atoms with Crippen molar-refractivity contribution in [2.24, 2.45) is 17.8 Å². The fraction of sp³-hybridized carbons (Fsp3) is 0.939. The Balaban J connectivity index is 2.16. The van der Waals surface area contributed by atoms with E-state index in [0.29, 0.717) is 13.2 Å². The first-order chi connectivity index (χ1) is 18.1. The van der Waals surface area contributed by atoms with Gasteiger partial charge in [0.05, 0.1) is 25.0 Å². The van der Waals surface area contributed by atoms with Crippen LogP contribution in [0, 0.1) is 17.8 Å². The molecule has 1 aliphatic rings. The summed E-state index contributed by atoms with van der Waals surface area (Å²) < 4.78 is 11.3. The summed E-state index contributed by atoms with van der Waals surface area (Å²) in [6, 6.07) is 0. The number of carbonyl (C=O) groups is 2. The number of ether oxygens (including phenoxy) is 2. The van der Waals surface area contributed by atoms with Gasteiger partial charge in [0.1, 0.15) is 0 Å². The van der Waals surface area contributed by atoms with Gasteiger partial charge in [-0.1, -0.05) is 143 Å². The molecule has 1 aliphatic carbocycles. The van der Waals surface area contributed by atoms with Gasteiger partial charge in [0.25, 0.3) is 0 Å². The van der Waals surface area contributed by atoms with E-state index >= 15 is 0 Å². The maximum absolute atomic E-state index is 12.9. The average Bonchev–Trinajstić information content (AvgIpc) is 2.90. The van der Waals surface area contributed by atoms with Crippen LogP contribution in [0.1, 0.15) is 168 Å². The standard InChI is InChI=1S/C33H62O4/c1-4-6-8-10-12-14-16-18-20-22-27-36-32(34)30-26-24-25-29(3)31(30)33(35)37-28-23-21-19-17-15-13-11-9-7-5-2/h29-31H,4-28H2,1-3H3. The molecule has 37 heavy (non-hydrogen) atoms. The minimum absolute atomic E-state index is 0.177. The molecule has 0 aromatic carbocycles. The number of carbonyl (C=O) groups excluding carboxylic acids is 2. The normalized spacial score (nSPS) is 19.6. The fourth-order valence-electron chi connectivity index (χ4n) is 5.80. The Kier molecular flexibility index (Phi) is 22.0. The van der Waals surface area contributed by atoms with Crippen molar-refractivity contribution in [3.63, 3.8) is 0 Å². The lowest BCUT2D eigenvalue weighted by molar-refractivity contribution is -0.165. The molecule has 0 aromatic heterocycles. The fourth-order valence-corrected chi connectivity index (χ4v) is 5.80. The summed E-state index contributed by atoms with van der Waals surface area (Å²) in [7, 11) is 0. The van der Waals surface area contributed by atoms with Crippen LogP contribution in [0.25, 0.3) is 0 Å². The molecule has 3 atom stereocenters.